The van der Waals surface area contributed by atoms with Crippen LogP contribution >= 0.6 is 8.58 Å². The van der Waals surface area contributed by atoms with Gasteiger partial charge >= 0.3 is 0 Å². The van der Waals surface area contributed by atoms with Crippen LogP contribution in [0.15, 0.2) is 24.3 Å². The average molecular weight is 218 g/mol. The fourth-order valence-electron chi connectivity index (χ4n) is 1.97. The molecule has 0 amide bonds. The molecule has 1 aromatic carbocycles. The highest BCUT2D eigenvalue weighted by Gasteiger charge is 2.27. The third-order valence-electron chi connectivity index (χ3n) is 2.82. The molecule has 1 heterocycles. The normalized spacial score (nSPS) is 24.7. The number of nitrogens with one attached hydrogen (secondary N) is 1. The van der Waals surface area contributed by atoms with Gasteiger partial charge in [-0.1, -0.05) is 33.7 Å². The van der Waals surface area contributed by atoms with Crippen LogP contribution in [-0.4, -0.2) is 31.9 Å². The summed E-state index contributed by atoms with van der Waals surface area (Å²) in [6, 6.07) is 8.56. The third kappa shape index (κ3) is 2.35. The van der Waals surface area contributed by atoms with Crippen LogP contribution in [0, 0.1) is 0 Å². The molecule has 0 saturated heterocycles. The Kier molecular flexibility index (Phi) is 3.33. The lowest BCUT2D eigenvalue weighted by Gasteiger charge is -2.19. The molecule has 2 rings (SSSR count). The second-order valence-corrected chi connectivity index (χ2v) is 5.46. The van der Waals surface area contributed by atoms with Gasteiger partial charge in [-0.2, -0.15) is 0 Å². The number of anilines is 1. The zero-order chi connectivity index (χ0) is 10.8. The van der Waals surface area contributed by atoms with Crippen molar-refractivity contribution in [3.63, 3.8) is 0 Å². The molecule has 1 unspecified atom stereocenters. The van der Waals surface area contributed by atoms with Gasteiger partial charge in [0.2, 0.25) is 0 Å². The van der Waals surface area contributed by atoms with Gasteiger partial charge in [-0.25, -0.2) is 0 Å². The maximum atomic E-state index is 5.63. The Bertz CT molecular complexity index is 343. The number of para-hydroxylation sites is 1. The number of fused-ring (bicyclic) bond motifs is 1. The molecule has 0 aliphatic carbocycles. The summed E-state index contributed by atoms with van der Waals surface area (Å²) >= 11 is 0. The number of nitrogens with zero attached hydrogens (tertiary/aromatic N) is 1. The molecule has 1 aliphatic rings. The molecule has 78 valence electrons. The van der Waals surface area contributed by atoms with Crippen molar-refractivity contribution in [1.29, 1.82) is 0 Å². The van der Waals surface area contributed by atoms with Crippen LogP contribution in [-0.2, 0) is 0 Å². The SMILES string of the molecule is [B]N(C)CP[C@@H]1Nc2ccccc2[C@@H]1C. The minimum absolute atomic E-state index is 0.549. The van der Waals surface area contributed by atoms with Crippen molar-refractivity contribution < 1.29 is 0 Å². The van der Waals surface area contributed by atoms with E-state index in [4.69, 9.17) is 7.98 Å². The molecule has 0 saturated carbocycles. The first-order chi connectivity index (χ1) is 7.18. The van der Waals surface area contributed by atoms with Crippen molar-refractivity contribution in [3.8, 4) is 0 Å². The van der Waals surface area contributed by atoms with Crippen LogP contribution in [0.4, 0.5) is 5.69 Å². The van der Waals surface area contributed by atoms with Crippen molar-refractivity contribution in [2.24, 2.45) is 0 Å². The second kappa shape index (κ2) is 4.55. The summed E-state index contributed by atoms with van der Waals surface area (Å²) in [4.78, 5) is 1.76. The molecule has 2 radical (unpaired) electrons. The predicted octanol–water partition coefficient (Wildman–Crippen LogP) is 2.19. The van der Waals surface area contributed by atoms with E-state index in [9.17, 15) is 0 Å². The van der Waals surface area contributed by atoms with Crippen molar-refractivity contribution in [1.82, 2.24) is 4.81 Å². The van der Waals surface area contributed by atoms with Gasteiger partial charge in [0.05, 0.1) is 5.78 Å². The fourth-order valence-corrected chi connectivity index (χ4v) is 3.24. The van der Waals surface area contributed by atoms with Gasteiger partial charge in [-0.15, -0.1) is 0 Å². The van der Waals surface area contributed by atoms with E-state index >= 15 is 0 Å². The molecule has 3 atom stereocenters. The molecular weight excluding hydrogens is 202 g/mol. The summed E-state index contributed by atoms with van der Waals surface area (Å²) in [5, 5.41) is 3.57. The Hall–Kier alpha value is -0.525. The molecule has 0 fully saturated rings. The highest BCUT2D eigenvalue weighted by atomic mass is 31.1. The third-order valence-corrected chi connectivity index (χ3v) is 4.59. The van der Waals surface area contributed by atoms with Crippen LogP contribution in [0.3, 0.4) is 0 Å². The van der Waals surface area contributed by atoms with Crippen molar-refractivity contribution in [2.75, 3.05) is 18.7 Å². The van der Waals surface area contributed by atoms with E-state index in [1.54, 1.807) is 4.81 Å². The molecule has 0 spiro atoms. The van der Waals surface area contributed by atoms with Gasteiger partial charge in [0.1, 0.15) is 0 Å². The Morgan fingerprint density at radius 1 is 1.47 bits per heavy atom. The minimum atomic E-state index is 0.549. The van der Waals surface area contributed by atoms with Crippen LogP contribution in [0.1, 0.15) is 18.4 Å². The Morgan fingerprint density at radius 3 is 2.87 bits per heavy atom. The first-order valence-corrected chi connectivity index (χ1v) is 6.51. The summed E-state index contributed by atoms with van der Waals surface area (Å²) < 4.78 is 0. The zero-order valence-corrected chi connectivity index (χ0v) is 10.2. The van der Waals surface area contributed by atoms with Gasteiger partial charge in [0.25, 0.3) is 0 Å². The van der Waals surface area contributed by atoms with E-state index in [0.717, 1.165) is 14.9 Å². The first-order valence-electron chi connectivity index (χ1n) is 5.23. The Morgan fingerprint density at radius 2 is 2.20 bits per heavy atom. The average Bonchev–Trinajstić information content (AvgIpc) is 2.54. The van der Waals surface area contributed by atoms with Gasteiger partial charge in [0.15, 0.2) is 7.98 Å². The van der Waals surface area contributed by atoms with E-state index in [1.807, 2.05) is 7.05 Å². The maximum absolute atomic E-state index is 5.63. The molecule has 1 aliphatic heterocycles. The number of hydrogen-bond donors (Lipinski definition) is 1. The van der Waals surface area contributed by atoms with E-state index in [2.05, 4.69) is 36.5 Å². The van der Waals surface area contributed by atoms with E-state index in [0.29, 0.717) is 11.7 Å². The van der Waals surface area contributed by atoms with Crippen LogP contribution in [0.2, 0.25) is 0 Å². The van der Waals surface area contributed by atoms with Gasteiger partial charge in [0, 0.05) is 17.9 Å². The lowest BCUT2D eigenvalue weighted by atomic mass is 10.0. The largest absolute Gasteiger partial charge is 0.378 e. The first kappa shape index (κ1) is 11.0. The number of benzene rings is 1. The minimum Gasteiger partial charge on any atom is -0.378 e. The summed E-state index contributed by atoms with van der Waals surface area (Å²) in [5.41, 5.74) is 2.73. The Labute approximate surface area is 94.6 Å². The zero-order valence-electron chi connectivity index (χ0n) is 9.20. The summed E-state index contributed by atoms with van der Waals surface area (Å²) in [6.07, 6.45) is 0.954. The van der Waals surface area contributed by atoms with Gasteiger partial charge in [-0.05, 0) is 18.7 Å². The highest BCUT2D eigenvalue weighted by molar-refractivity contribution is 7.39. The summed E-state index contributed by atoms with van der Waals surface area (Å²) in [5.74, 6) is 1.15. The topological polar surface area (TPSA) is 15.3 Å². The second-order valence-electron chi connectivity index (χ2n) is 4.12. The van der Waals surface area contributed by atoms with Gasteiger partial charge < -0.3 is 10.1 Å². The van der Waals surface area contributed by atoms with Crippen molar-refractivity contribution in [3.05, 3.63) is 29.8 Å². The van der Waals surface area contributed by atoms with Gasteiger partial charge in [-0.3, -0.25) is 0 Å². The predicted molar refractivity (Wildman–Crippen MR) is 69.0 cm³/mol. The number of rotatable bonds is 3. The molecule has 1 N–H and O–H groups in total. The maximum Gasteiger partial charge on any atom is 0.182 e. The molecular formula is C11H16BN2P. The highest BCUT2D eigenvalue weighted by Crippen LogP contribution is 2.42. The Balaban J connectivity index is 2.03. The monoisotopic (exact) mass is 218 g/mol. The van der Waals surface area contributed by atoms with Crippen molar-refractivity contribution in [2.45, 2.75) is 18.6 Å². The molecule has 1 aromatic rings. The smallest absolute Gasteiger partial charge is 0.182 e. The van der Waals surface area contributed by atoms with E-state index < -0.39 is 0 Å². The number of hydrogen-bond acceptors (Lipinski definition) is 2. The molecule has 0 aromatic heterocycles. The van der Waals surface area contributed by atoms with Crippen LogP contribution in [0.5, 0.6) is 0 Å². The summed E-state index contributed by atoms with van der Waals surface area (Å²) in [7, 11) is 8.38. The van der Waals surface area contributed by atoms with Crippen LogP contribution in [0.25, 0.3) is 0 Å². The van der Waals surface area contributed by atoms with Crippen LogP contribution < -0.4 is 5.32 Å². The molecule has 2 nitrogen and oxygen atoms in total. The summed E-state index contributed by atoms with van der Waals surface area (Å²) in [6.45, 7) is 2.28. The standard InChI is InChI=1S/C11H16BN2P/c1-8-9-5-3-4-6-10(9)13-11(8)15-7-14(2)12/h3-6,8,11,13,15H,7H2,1-2H3/t8-,11-/m0/s1. The van der Waals surface area contributed by atoms with E-state index in [1.165, 1.54) is 11.3 Å². The molecule has 4 heteroatoms. The lowest BCUT2D eigenvalue weighted by molar-refractivity contribution is 0.644. The quantitative estimate of drug-likeness (QED) is 0.617. The molecule has 0 bridgehead atoms. The molecule has 15 heavy (non-hydrogen) atoms. The lowest BCUT2D eigenvalue weighted by Crippen LogP contribution is -2.19. The van der Waals surface area contributed by atoms with E-state index in [-0.39, 0.29) is 0 Å². The fraction of sp³-hybridized carbons (Fsp3) is 0.455. The van der Waals surface area contributed by atoms with Crippen molar-refractivity contribution >= 4 is 22.2 Å².